The lowest BCUT2D eigenvalue weighted by atomic mass is 9.95. The number of carbonyl (C=O) groups is 1. The summed E-state index contributed by atoms with van der Waals surface area (Å²) in [6, 6.07) is 24.0. The minimum Gasteiger partial charge on any atom is -0.347 e. The van der Waals surface area contributed by atoms with Crippen molar-refractivity contribution in [3.05, 3.63) is 132 Å². The normalized spacial score (nSPS) is 15.4. The Morgan fingerprint density at radius 1 is 1.05 bits per heavy atom. The molecule has 0 saturated carbocycles. The Morgan fingerprint density at radius 2 is 1.77 bits per heavy atom. The summed E-state index contributed by atoms with van der Waals surface area (Å²) in [4.78, 5) is 33.0. The standard InChI is InChI=1S/C31H25ClN4O2S/c1-3-35-18-21(24-11-7-8-12-25(24)35)17-26-30(38)36-28(20-13-15-22(32)16-14-20)27(19(2)33-31(36)39-26)29(37)34-23-9-5-4-6-10-23/h4-18,28H,3H2,1-2H3,(H,34,37)/b26-17-/t28-/m0/s1. The van der Waals surface area contributed by atoms with Crippen LogP contribution in [0.15, 0.2) is 106 Å². The van der Waals surface area contributed by atoms with Crippen molar-refractivity contribution >= 4 is 51.5 Å². The van der Waals surface area contributed by atoms with Gasteiger partial charge in [0.1, 0.15) is 0 Å². The van der Waals surface area contributed by atoms with Gasteiger partial charge in [0.05, 0.1) is 21.8 Å². The smallest absolute Gasteiger partial charge is 0.271 e. The molecular weight excluding hydrogens is 528 g/mol. The zero-order valence-corrected chi connectivity index (χ0v) is 23.0. The lowest BCUT2D eigenvalue weighted by Crippen LogP contribution is -2.40. The van der Waals surface area contributed by atoms with Gasteiger partial charge in [-0.25, -0.2) is 4.99 Å². The summed E-state index contributed by atoms with van der Waals surface area (Å²) in [6.07, 6.45) is 4.00. The SMILES string of the molecule is CCn1cc(/C=c2\sc3n(c2=O)[C@@H](c2ccc(Cl)cc2)C(C(=O)Nc2ccccc2)=C(C)N=3)c2ccccc21. The van der Waals surface area contributed by atoms with Gasteiger partial charge in [0.25, 0.3) is 11.5 Å². The van der Waals surface area contributed by atoms with Crippen molar-refractivity contribution < 1.29 is 4.79 Å². The van der Waals surface area contributed by atoms with E-state index in [-0.39, 0.29) is 11.5 Å². The quantitative estimate of drug-likeness (QED) is 0.313. The fourth-order valence-corrected chi connectivity index (χ4v) is 6.25. The van der Waals surface area contributed by atoms with Gasteiger partial charge in [-0.15, -0.1) is 0 Å². The number of nitrogens with one attached hydrogen (secondary N) is 1. The predicted octanol–water partition coefficient (Wildman–Crippen LogP) is 5.50. The first-order valence-corrected chi connectivity index (χ1v) is 13.9. The highest BCUT2D eigenvalue weighted by molar-refractivity contribution is 7.07. The zero-order valence-electron chi connectivity index (χ0n) is 21.4. The highest BCUT2D eigenvalue weighted by Gasteiger charge is 2.32. The van der Waals surface area contributed by atoms with E-state index >= 15 is 0 Å². The summed E-state index contributed by atoms with van der Waals surface area (Å²) in [5.41, 5.74) is 4.34. The Kier molecular flexibility index (Phi) is 6.54. The van der Waals surface area contributed by atoms with E-state index in [1.807, 2.05) is 67.6 Å². The number of nitrogens with zero attached hydrogens (tertiary/aromatic N) is 3. The van der Waals surface area contributed by atoms with E-state index in [1.165, 1.54) is 11.3 Å². The number of aromatic nitrogens is 2. The number of allylic oxidation sites excluding steroid dienone is 1. The number of hydrogen-bond acceptors (Lipinski definition) is 4. The van der Waals surface area contributed by atoms with Gasteiger partial charge in [0.2, 0.25) is 0 Å². The van der Waals surface area contributed by atoms with Crippen LogP contribution in [0.1, 0.15) is 31.0 Å². The van der Waals surface area contributed by atoms with Crippen LogP contribution in [-0.4, -0.2) is 15.0 Å². The van der Waals surface area contributed by atoms with E-state index in [9.17, 15) is 9.59 Å². The van der Waals surface area contributed by atoms with E-state index in [0.29, 0.717) is 31.3 Å². The molecule has 6 nitrogen and oxygen atoms in total. The van der Waals surface area contributed by atoms with Crippen LogP contribution < -0.4 is 20.2 Å². The minimum atomic E-state index is -0.652. The van der Waals surface area contributed by atoms with E-state index in [4.69, 9.17) is 16.6 Å². The molecule has 194 valence electrons. The first-order valence-electron chi connectivity index (χ1n) is 12.7. The molecule has 3 aromatic carbocycles. The van der Waals surface area contributed by atoms with Crippen LogP contribution in [0, 0.1) is 0 Å². The molecule has 0 radical (unpaired) electrons. The van der Waals surface area contributed by atoms with Crippen molar-refractivity contribution in [3.63, 3.8) is 0 Å². The van der Waals surface area contributed by atoms with E-state index in [1.54, 1.807) is 16.7 Å². The van der Waals surface area contributed by atoms with Crippen molar-refractivity contribution in [2.45, 2.75) is 26.4 Å². The van der Waals surface area contributed by atoms with E-state index < -0.39 is 6.04 Å². The Morgan fingerprint density at radius 3 is 2.51 bits per heavy atom. The second-order valence-corrected chi connectivity index (χ2v) is 10.8. The number of para-hydroxylation sites is 2. The number of halogens is 1. The number of rotatable bonds is 5. The monoisotopic (exact) mass is 552 g/mol. The molecule has 1 aliphatic heterocycles. The van der Waals surface area contributed by atoms with Crippen LogP contribution in [0.25, 0.3) is 17.0 Å². The van der Waals surface area contributed by atoms with Crippen LogP contribution in [0.3, 0.4) is 0 Å². The predicted molar refractivity (Wildman–Crippen MR) is 158 cm³/mol. The van der Waals surface area contributed by atoms with Crippen molar-refractivity contribution in [1.29, 1.82) is 0 Å². The third kappa shape index (κ3) is 4.54. The molecule has 6 rings (SSSR count). The maximum absolute atomic E-state index is 14.0. The van der Waals surface area contributed by atoms with Crippen LogP contribution in [0.5, 0.6) is 0 Å². The molecular formula is C31H25ClN4O2S. The summed E-state index contributed by atoms with van der Waals surface area (Å²) in [5, 5.41) is 4.63. The fraction of sp³-hybridized carbons (Fsp3) is 0.129. The molecule has 1 N–H and O–H groups in total. The highest BCUT2D eigenvalue weighted by Crippen LogP contribution is 2.31. The first-order chi connectivity index (χ1) is 18.9. The van der Waals surface area contributed by atoms with Gasteiger partial charge >= 0.3 is 0 Å². The van der Waals surface area contributed by atoms with Gasteiger partial charge in [-0.05, 0) is 55.8 Å². The molecule has 0 unspecified atom stereocenters. The van der Waals surface area contributed by atoms with E-state index in [2.05, 4.69) is 35.1 Å². The third-order valence-corrected chi connectivity index (χ3v) is 8.17. The average molecular weight is 553 g/mol. The largest absolute Gasteiger partial charge is 0.347 e. The molecule has 5 aromatic rings. The number of thiazole rings is 1. The van der Waals surface area contributed by atoms with Gasteiger partial charge in [-0.2, -0.15) is 0 Å². The molecule has 0 saturated heterocycles. The molecule has 1 aliphatic rings. The Balaban J connectivity index is 1.53. The van der Waals surface area contributed by atoms with Crippen molar-refractivity contribution in [2.24, 2.45) is 4.99 Å². The van der Waals surface area contributed by atoms with Crippen molar-refractivity contribution in [3.8, 4) is 0 Å². The third-order valence-electron chi connectivity index (χ3n) is 6.93. The summed E-state index contributed by atoms with van der Waals surface area (Å²) >= 11 is 7.52. The maximum atomic E-state index is 14.0. The number of benzene rings is 3. The first kappa shape index (κ1) is 25.1. The Hall–Kier alpha value is -4.20. The number of anilines is 1. The van der Waals surface area contributed by atoms with Crippen LogP contribution in [0.4, 0.5) is 5.69 Å². The average Bonchev–Trinajstić information content (AvgIpc) is 3.45. The molecule has 39 heavy (non-hydrogen) atoms. The van der Waals surface area contributed by atoms with Gasteiger partial charge in [-0.1, -0.05) is 71.5 Å². The summed E-state index contributed by atoms with van der Waals surface area (Å²) in [5.74, 6) is -0.303. The minimum absolute atomic E-state index is 0.190. The van der Waals surface area contributed by atoms with Crippen molar-refractivity contribution in [2.75, 3.05) is 5.32 Å². The molecule has 3 heterocycles. The summed E-state index contributed by atoms with van der Waals surface area (Å²) in [6.45, 7) is 4.74. The van der Waals surface area contributed by atoms with Gasteiger partial charge in [0.15, 0.2) is 4.80 Å². The molecule has 0 bridgehead atoms. The molecule has 2 aromatic heterocycles. The summed E-state index contributed by atoms with van der Waals surface area (Å²) < 4.78 is 4.36. The molecule has 0 fully saturated rings. The lowest BCUT2D eigenvalue weighted by molar-refractivity contribution is -0.113. The lowest BCUT2D eigenvalue weighted by Gasteiger charge is -2.25. The number of hydrogen-bond donors (Lipinski definition) is 1. The van der Waals surface area contributed by atoms with Crippen molar-refractivity contribution in [1.82, 2.24) is 9.13 Å². The molecule has 0 spiro atoms. The highest BCUT2D eigenvalue weighted by atomic mass is 35.5. The van der Waals surface area contributed by atoms with Crippen LogP contribution in [-0.2, 0) is 11.3 Å². The number of aryl methyl sites for hydroxylation is 1. The topological polar surface area (TPSA) is 68.4 Å². The maximum Gasteiger partial charge on any atom is 0.271 e. The number of amides is 1. The van der Waals surface area contributed by atoms with Crippen LogP contribution in [0.2, 0.25) is 5.02 Å². The Labute approximate surface area is 233 Å². The second-order valence-electron chi connectivity index (χ2n) is 9.34. The van der Waals surface area contributed by atoms with Crippen LogP contribution >= 0.6 is 22.9 Å². The van der Waals surface area contributed by atoms with Gasteiger partial charge < -0.3 is 9.88 Å². The van der Waals surface area contributed by atoms with Gasteiger partial charge in [-0.3, -0.25) is 14.2 Å². The molecule has 1 amide bonds. The number of carbonyl (C=O) groups excluding carboxylic acids is 1. The molecule has 8 heteroatoms. The van der Waals surface area contributed by atoms with E-state index in [0.717, 1.165) is 28.6 Å². The van der Waals surface area contributed by atoms with Gasteiger partial charge in [0, 0.05) is 39.9 Å². The molecule has 0 aliphatic carbocycles. The fourth-order valence-electron chi connectivity index (χ4n) is 5.09. The summed E-state index contributed by atoms with van der Waals surface area (Å²) in [7, 11) is 0. The Bertz CT molecular complexity index is 1930. The second kappa shape index (κ2) is 10.2. The molecule has 1 atom stereocenters. The number of fused-ring (bicyclic) bond motifs is 2. The zero-order chi connectivity index (χ0) is 27.1.